The lowest BCUT2D eigenvalue weighted by Gasteiger charge is -2.22. The van der Waals surface area contributed by atoms with Crippen LogP contribution in [0.2, 0.25) is 0 Å². The van der Waals surface area contributed by atoms with Crippen molar-refractivity contribution in [1.82, 2.24) is 0 Å². The summed E-state index contributed by atoms with van der Waals surface area (Å²) in [5.41, 5.74) is 0. The fourth-order valence-electron chi connectivity index (χ4n) is 1.91. The molecule has 1 saturated heterocycles. The number of carbonyl (C=O) groups is 6. The largest absolute Gasteiger partial charge is 0.448 e. The van der Waals surface area contributed by atoms with E-state index in [-0.39, 0.29) is 0 Å². The van der Waals surface area contributed by atoms with E-state index in [0.29, 0.717) is 0 Å². The van der Waals surface area contributed by atoms with Gasteiger partial charge in [-0.2, -0.15) is 0 Å². The molecule has 0 aromatic heterocycles. The minimum atomic E-state index is -1.44. The van der Waals surface area contributed by atoms with Gasteiger partial charge in [-0.1, -0.05) is 0 Å². The summed E-state index contributed by atoms with van der Waals surface area (Å²) in [5.74, 6) is -6.42. The van der Waals surface area contributed by atoms with Gasteiger partial charge in [0.25, 0.3) is 0 Å². The normalized spacial score (nSPS) is 33.0. The number of carbonyl (C=O) groups excluding carboxylic acids is 6. The fourth-order valence-corrected chi connectivity index (χ4v) is 1.91. The Hall–Kier alpha value is -3.18. The maximum atomic E-state index is 12.0. The topological polar surface area (TPSA) is 158 Å². The number of hydrogen-bond acceptors (Lipinski definition) is 12. The molecule has 1 aliphatic rings. The Morgan fingerprint density at radius 1 is 0.333 bits per heavy atom. The highest BCUT2D eigenvalue weighted by atomic mass is 16.7. The molecule has 1 aliphatic heterocycles. The maximum absolute atomic E-state index is 12.0. The van der Waals surface area contributed by atoms with E-state index in [1.54, 1.807) is 0 Å². The third-order valence-corrected chi connectivity index (χ3v) is 3.75. The molecule has 0 spiro atoms. The van der Waals surface area contributed by atoms with Crippen molar-refractivity contribution in [1.29, 1.82) is 0 Å². The van der Waals surface area contributed by atoms with Gasteiger partial charge in [0, 0.05) is 0 Å². The zero-order valence-corrected chi connectivity index (χ0v) is 17.4. The second-order valence-electron chi connectivity index (χ2n) is 6.47. The number of cyclic esters (lactones) is 6. The van der Waals surface area contributed by atoms with Gasteiger partial charge in [-0.25, -0.2) is 28.8 Å². The SMILES string of the molecule is CC1OC(=O)C(C)OC(=O)C(C)OC(=O)C(C)OC(=O)C(C)OC(=O)C(C)OC1=O. The van der Waals surface area contributed by atoms with Crippen LogP contribution >= 0.6 is 0 Å². The molecule has 0 saturated carbocycles. The van der Waals surface area contributed by atoms with E-state index in [9.17, 15) is 28.8 Å². The van der Waals surface area contributed by atoms with E-state index in [1.807, 2.05) is 0 Å². The van der Waals surface area contributed by atoms with E-state index in [4.69, 9.17) is 28.4 Å². The van der Waals surface area contributed by atoms with Gasteiger partial charge in [-0.15, -0.1) is 0 Å². The molecule has 1 heterocycles. The van der Waals surface area contributed by atoms with E-state index in [1.165, 1.54) is 41.5 Å². The molecule has 168 valence electrons. The third-order valence-electron chi connectivity index (χ3n) is 3.75. The molecular formula is C18H24O12. The lowest BCUT2D eigenvalue weighted by atomic mass is 10.3. The summed E-state index contributed by atoms with van der Waals surface area (Å²) in [6, 6.07) is 0. The second kappa shape index (κ2) is 10.6. The van der Waals surface area contributed by atoms with Crippen LogP contribution in [0.3, 0.4) is 0 Å². The van der Waals surface area contributed by atoms with Crippen molar-refractivity contribution in [2.45, 2.75) is 78.2 Å². The maximum Gasteiger partial charge on any atom is 0.347 e. The fraction of sp³-hybridized carbons (Fsp3) is 0.667. The third kappa shape index (κ3) is 7.01. The highest BCUT2D eigenvalue weighted by Gasteiger charge is 2.33. The number of esters is 6. The second-order valence-corrected chi connectivity index (χ2v) is 6.47. The molecule has 0 amide bonds. The monoisotopic (exact) mass is 432 g/mol. The molecule has 12 heteroatoms. The van der Waals surface area contributed by atoms with Crippen LogP contribution in [-0.2, 0) is 57.2 Å². The lowest BCUT2D eigenvalue weighted by molar-refractivity contribution is -0.191. The first-order valence-electron chi connectivity index (χ1n) is 9.06. The molecule has 1 rings (SSSR count). The Morgan fingerprint density at radius 2 is 0.433 bits per heavy atom. The summed E-state index contributed by atoms with van der Waals surface area (Å²) < 4.78 is 29.0. The van der Waals surface area contributed by atoms with E-state index in [2.05, 4.69) is 0 Å². The molecule has 6 atom stereocenters. The Bertz CT molecular complexity index is 559. The molecule has 6 unspecified atom stereocenters. The van der Waals surface area contributed by atoms with Crippen LogP contribution in [-0.4, -0.2) is 72.4 Å². The highest BCUT2D eigenvalue weighted by molar-refractivity contribution is 5.88. The standard InChI is InChI=1S/C18H24O12/c1-7-13(19)26-9(3)15(21)28-11(5)17(23)30-12(6)18(24)29-10(4)16(22)27-8(2)14(20)25-7/h7-12H,1-6H3. The molecule has 12 nitrogen and oxygen atoms in total. The summed E-state index contributed by atoms with van der Waals surface area (Å²) in [6.45, 7) is 7.07. The molecular weight excluding hydrogens is 408 g/mol. The number of hydrogen-bond donors (Lipinski definition) is 0. The molecule has 0 bridgehead atoms. The van der Waals surface area contributed by atoms with Crippen molar-refractivity contribution < 1.29 is 57.2 Å². The van der Waals surface area contributed by atoms with Gasteiger partial charge < -0.3 is 28.4 Å². The van der Waals surface area contributed by atoms with E-state index < -0.39 is 72.4 Å². The van der Waals surface area contributed by atoms with Gasteiger partial charge in [0.15, 0.2) is 36.6 Å². The zero-order valence-electron chi connectivity index (χ0n) is 17.4. The summed E-state index contributed by atoms with van der Waals surface area (Å²) in [6.07, 6.45) is -8.63. The molecule has 0 aliphatic carbocycles. The van der Waals surface area contributed by atoms with Gasteiger partial charge in [0.1, 0.15) is 0 Å². The molecule has 0 aromatic carbocycles. The summed E-state index contributed by atoms with van der Waals surface area (Å²) in [7, 11) is 0. The number of ether oxygens (including phenoxy) is 6. The van der Waals surface area contributed by atoms with Crippen LogP contribution in [0.25, 0.3) is 0 Å². The Morgan fingerprint density at radius 3 is 0.533 bits per heavy atom. The minimum Gasteiger partial charge on any atom is -0.448 e. The Balaban J connectivity index is 3.04. The van der Waals surface area contributed by atoms with Crippen LogP contribution in [0.1, 0.15) is 41.5 Å². The van der Waals surface area contributed by atoms with E-state index >= 15 is 0 Å². The van der Waals surface area contributed by atoms with Gasteiger partial charge in [0.05, 0.1) is 0 Å². The van der Waals surface area contributed by atoms with Crippen LogP contribution in [0.15, 0.2) is 0 Å². The molecule has 0 aromatic rings. The van der Waals surface area contributed by atoms with Crippen LogP contribution in [0.5, 0.6) is 0 Å². The van der Waals surface area contributed by atoms with Crippen LogP contribution in [0, 0.1) is 0 Å². The van der Waals surface area contributed by atoms with Gasteiger partial charge in [0.2, 0.25) is 0 Å². The average Bonchev–Trinajstić information content (AvgIpc) is 2.66. The van der Waals surface area contributed by atoms with Crippen LogP contribution in [0.4, 0.5) is 0 Å². The van der Waals surface area contributed by atoms with Gasteiger partial charge in [-0.3, -0.25) is 0 Å². The average molecular weight is 432 g/mol. The van der Waals surface area contributed by atoms with Crippen molar-refractivity contribution >= 4 is 35.8 Å². The smallest absolute Gasteiger partial charge is 0.347 e. The molecule has 1 fully saturated rings. The first-order valence-corrected chi connectivity index (χ1v) is 9.06. The Labute approximate surface area is 172 Å². The minimum absolute atomic E-state index is 1.07. The molecule has 30 heavy (non-hydrogen) atoms. The quantitative estimate of drug-likeness (QED) is 0.360. The van der Waals surface area contributed by atoms with Crippen molar-refractivity contribution in [2.75, 3.05) is 0 Å². The van der Waals surface area contributed by atoms with Crippen molar-refractivity contribution in [3.63, 3.8) is 0 Å². The predicted octanol–water partition coefficient (Wildman–Crippen LogP) is -0.410. The van der Waals surface area contributed by atoms with Gasteiger partial charge in [-0.05, 0) is 41.5 Å². The first-order chi connectivity index (χ1) is 13.8. The first kappa shape index (κ1) is 24.9. The van der Waals surface area contributed by atoms with Crippen molar-refractivity contribution in [3.05, 3.63) is 0 Å². The van der Waals surface area contributed by atoms with Gasteiger partial charge >= 0.3 is 35.8 Å². The Kier molecular flexibility index (Phi) is 8.75. The molecule has 0 radical (unpaired) electrons. The number of rotatable bonds is 0. The van der Waals surface area contributed by atoms with Crippen molar-refractivity contribution in [3.8, 4) is 0 Å². The lowest BCUT2D eigenvalue weighted by Crippen LogP contribution is -2.40. The summed E-state index contributed by atoms with van der Waals surface area (Å²) in [4.78, 5) is 72.0. The highest BCUT2D eigenvalue weighted by Crippen LogP contribution is 2.10. The molecule has 0 N–H and O–H groups in total. The zero-order chi connectivity index (χ0) is 23.2. The summed E-state index contributed by atoms with van der Waals surface area (Å²) >= 11 is 0. The van der Waals surface area contributed by atoms with Crippen molar-refractivity contribution in [2.24, 2.45) is 0 Å². The predicted molar refractivity (Wildman–Crippen MR) is 93.3 cm³/mol. The summed E-state index contributed by atoms with van der Waals surface area (Å²) in [5, 5.41) is 0. The van der Waals surface area contributed by atoms with E-state index in [0.717, 1.165) is 0 Å². The van der Waals surface area contributed by atoms with Crippen LogP contribution < -0.4 is 0 Å².